The summed E-state index contributed by atoms with van der Waals surface area (Å²) in [6, 6.07) is 8.05. The first-order valence-corrected chi connectivity index (χ1v) is 8.11. The van der Waals surface area contributed by atoms with Crippen LogP contribution in [-0.2, 0) is 4.74 Å². The minimum absolute atomic E-state index is 0.137. The van der Waals surface area contributed by atoms with Gasteiger partial charge in [-0.05, 0) is 45.7 Å². The zero-order chi connectivity index (χ0) is 16.4. The lowest BCUT2D eigenvalue weighted by atomic mass is 10.2. The first-order chi connectivity index (χ1) is 10.9. The average Bonchev–Trinajstić information content (AvgIpc) is 3.09. The Morgan fingerprint density at radius 1 is 1.43 bits per heavy atom. The number of aromatic amines is 1. The monoisotopic (exact) mass is 316 g/mol. The van der Waals surface area contributed by atoms with Crippen molar-refractivity contribution in [2.75, 3.05) is 18.4 Å². The molecule has 124 valence electrons. The highest BCUT2D eigenvalue weighted by Gasteiger charge is 2.32. The van der Waals surface area contributed by atoms with E-state index in [2.05, 4.69) is 15.3 Å². The predicted octanol–water partition coefficient (Wildman–Crippen LogP) is 3.37. The van der Waals surface area contributed by atoms with Gasteiger partial charge in [0.1, 0.15) is 5.60 Å². The number of fused-ring (bicyclic) bond motifs is 1. The summed E-state index contributed by atoms with van der Waals surface area (Å²) in [5.41, 5.74) is 1.48. The fourth-order valence-corrected chi connectivity index (χ4v) is 2.86. The number of benzene rings is 1. The number of carbonyl (C=O) groups excluding carboxylic acids is 1. The number of H-pyrrole nitrogens is 1. The number of hydrogen-bond acceptors (Lipinski definition) is 4. The van der Waals surface area contributed by atoms with Gasteiger partial charge in [-0.3, -0.25) is 0 Å². The highest BCUT2D eigenvalue weighted by molar-refractivity contribution is 5.77. The Bertz CT molecular complexity index is 656. The van der Waals surface area contributed by atoms with Gasteiger partial charge >= 0.3 is 6.09 Å². The van der Waals surface area contributed by atoms with Gasteiger partial charge in [0.2, 0.25) is 5.95 Å². The maximum atomic E-state index is 12.3. The Balaban J connectivity index is 1.61. The molecule has 1 saturated heterocycles. The van der Waals surface area contributed by atoms with Crippen LogP contribution in [0.15, 0.2) is 24.3 Å². The summed E-state index contributed by atoms with van der Waals surface area (Å²) in [5, 5.41) is 3.31. The Hall–Kier alpha value is -2.24. The van der Waals surface area contributed by atoms with Crippen molar-refractivity contribution in [1.29, 1.82) is 0 Å². The topological polar surface area (TPSA) is 70.2 Å². The molecule has 6 heteroatoms. The van der Waals surface area contributed by atoms with Crippen molar-refractivity contribution in [3.63, 3.8) is 0 Å². The van der Waals surface area contributed by atoms with Gasteiger partial charge in [-0.2, -0.15) is 0 Å². The lowest BCUT2D eigenvalue weighted by molar-refractivity contribution is 0.0235. The summed E-state index contributed by atoms with van der Waals surface area (Å²) in [6.07, 6.45) is 1.75. The number of imidazole rings is 1. The van der Waals surface area contributed by atoms with Crippen LogP contribution in [0.1, 0.15) is 33.6 Å². The van der Waals surface area contributed by atoms with Crippen LogP contribution in [0.3, 0.4) is 0 Å². The molecule has 2 N–H and O–H groups in total. The number of nitrogens with zero attached hydrogens (tertiary/aromatic N) is 2. The Labute approximate surface area is 136 Å². The van der Waals surface area contributed by atoms with Gasteiger partial charge in [0.15, 0.2) is 0 Å². The second-order valence-corrected chi connectivity index (χ2v) is 6.95. The largest absolute Gasteiger partial charge is 0.444 e. The fraction of sp³-hybridized carbons (Fsp3) is 0.529. The predicted molar refractivity (Wildman–Crippen MR) is 90.5 cm³/mol. The molecule has 0 saturated carbocycles. The van der Waals surface area contributed by atoms with Crippen molar-refractivity contribution in [2.45, 2.75) is 45.3 Å². The number of hydrogen-bond donors (Lipinski definition) is 2. The second kappa shape index (κ2) is 6.10. The van der Waals surface area contributed by atoms with Crippen LogP contribution in [0, 0.1) is 0 Å². The lowest BCUT2D eigenvalue weighted by Gasteiger charge is -2.28. The number of anilines is 1. The van der Waals surface area contributed by atoms with Gasteiger partial charge in [0.05, 0.1) is 17.1 Å². The molecule has 3 rings (SSSR count). The Morgan fingerprint density at radius 3 is 2.96 bits per heavy atom. The van der Waals surface area contributed by atoms with Crippen LogP contribution in [0.25, 0.3) is 11.0 Å². The van der Waals surface area contributed by atoms with Crippen LogP contribution in [0.5, 0.6) is 0 Å². The smallest absolute Gasteiger partial charge is 0.410 e. The molecule has 2 heterocycles. The number of aromatic nitrogens is 2. The van der Waals surface area contributed by atoms with Gasteiger partial charge < -0.3 is 19.9 Å². The molecule has 1 aliphatic heterocycles. The summed E-state index contributed by atoms with van der Waals surface area (Å²) in [6.45, 7) is 7.09. The summed E-state index contributed by atoms with van der Waals surface area (Å²) >= 11 is 0. The highest BCUT2D eigenvalue weighted by Crippen LogP contribution is 2.21. The molecule has 1 amide bonds. The molecular weight excluding hydrogens is 292 g/mol. The van der Waals surface area contributed by atoms with Crippen molar-refractivity contribution >= 4 is 23.1 Å². The number of ether oxygens (including phenoxy) is 1. The first kappa shape index (κ1) is 15.6. The van der Waals surface area contributed by atoms with E-state index in [-0.39, 0.29) is 12.1 Å². The van der Waals surface area contributed by atoms with Crippen molar-refractivity contribution < 1.29 is 9.53 Å². The molecule has 0 unspecified atom stereocenters. The molecule has 2 aromatic rings. The first-order valence-electron chi connectivity index (χ1n) is 8.11. The minimum atomic E-state index is -0.462. The molecule has 0 bridgehead atoms. The molecule has 0 spiro atoms. The van der Waals surface area contributed by atoms with Crippen LogP contribution < -0.4 is 5.32 Å². The molecule has 1 aromatic heterocycles. The minimum Gasteiger partial charge on any atom is -0.444 e. The van der Waals surface area contributed by atoms with Gasteiger partial charge in [-0.15, -0.1) is 0 Å². The van der Waals surface area contributed by atoms with Gasteiger partial charge in [-0.25, -0.2) is 9.78 Å². The van der Waals surface area contributed by atoms with E-state index in [0.29, 0.717) is 6.54 Å². The molecule has 0 aliphatic carbocycles. The van der Waals surface area contributed by atoms with Crippen molar-refractivity contribution in [2.24, 2.45) is 0 Å². The summed E-state index contributed by atoms with van der Waals surface area (Å²) in [5.74, 6) is 0.738. The number of nitrogens with one attached hydrogen (secondary N) is 2. The summed E-state index contributed by atoms with van der Waals surface area (Å²) < 4.78 is 5.49. The van der Waals surface area contributed by atoms with Crippen molar-refractivity contribution in [3.8, 4) is 0 Å². The van der Waals surface area contributed by atoms with E-state index in [1.807, 2.05) is 49.9 Å². The number of carbonyl (C=O) groups is 1. The molecule has 6 nitrogen and oxygen atoms in total. The van der Waals surface area contributed by atoms with E-state index in [0.717, 1.165) is 36.4 Å². The third kappa shape index (κ3) is 3.75. The van der Waals surface area contributed by atoms with Gasteiger partial charge in [-0.1, -0.05) is 12.1 Å². The van der Waals surface area contributed by atoms with E-state index < -0.39 is 5.60 Å². The van der Waals surface area contributed by atoms with Crippen LogP contribution in [0.4, 0.5) is 10.7 Å². The Kier molecular flexibility index (Phi) is 4.15. The highest BCUT2D eigenvalue weighted by atomic mass is 16.6. The zero-order valence-corrected chi connectivity index (χ0v) is 13.9. The number of rotatable bonds is 3. The molecule has 1 aromatic carbocycles. The van der Waals surface area contributed by atoms with E-state index in [9.17, 15) is 4.79 Å². The number of amides is 1. The number of para-hydroxylation sites is 2. The van der Waals surface area contributed by atoms with Crippen LogP contribution in [-0.4, -0.2) is 45.7 Å². The third-order valence-electron chi connectivity index (χ3n) is 3.90. The second-order valence-electron chi connectivity index (χ2n) is 6.95. The van der Waals surface area contributed by atoms with Gasteiger partial charge in [0.25, 0.3) is 0 Å². The maximum Gasteiger partial charge on any atom is 0.410 e. The van der Waals surface area contributed by atoms with E-state index >= 15 is 0 Å². The van der Waals surface area contributed by atoms with Crippen molar-refractivity contribution in [3.05, 3.63) is 24.3 Å². The summed E-state index contributed by atoms with van der Waals surface area (Å²) in [4.78, 5) is 21.8. The normalized spacial score (nSPS) is 18.4. The Morgan fingerprint density at radius 2 is 2.22 bits per heavy atom. The van der Waals surface area contributed by atoms with Crippen LogP contribution >= 0.6 is 0 Å². The summed E-state index contributed by atoms with van der Waals surface area (Å²) in [7, 11) is 0. The average molecular weight is 316 g/mol. The molecule has 23 heavy (non-hydrogen) atoms. The van der Waals surface area contributed by atoms with Crippen LogP contribution in [0.2, 0.25) is 0 Å². The molecule has 1 aliphatic rings. The number of likely N-dealkylation sites (tertiary alicyclic amines) is 1. The standard InChI is InChI=1S/C17H24N4O2/c1-17(2,3)23-16(22)21-10-6-7-12(21)11-18-15-19-13-8-4-5-9-14(13)20-15/h4-5,8-9,12H,6-7,10-11H2,1-3H3,(H2,18,19,20)/t12-/m1/s1. The maximum absolute atomic E-state index is 12.3. The molecule has 0 radical (unpaired) electrons. The zero-order valence-electron chi connectivity index (χ0n) is 13.9. The molecule has 1 fully saturated rings. The lowest BCUT2D eigenvalue weighted by Crippen LogP contribution is -2.42. The van der Waals surface area contributed by atoms with Crippen molar-refractivity contribution in [1.82, 2.24) is 14.9 Å². The van der Waals surface area contributed by atoms with E-state index in [1.165, 1.54) is 0 Å². The molecule has 1 atom stereocenters. The quantitative estimate of drug-likeness (QED) is 0.911. The molecular formula is C17H24N4O2. The third-order valence-corrected chi connectivity index (χ3v) is 3.90. The van der Waals surface area contributed by atoms with E-state index in [4.69, 9.17) is 4.74 Å². The van der Waals surface area contributed by atoms with E-state index in [1.54, 1.807) is 0 Å². The SMILES string of the molecule is CC(C)(C)OC(=O)N1CCC[C@@H]1CNc1nc2ccccc2[nH]1. The van der Waals surface area contributed by atoms with Gasteiger partial charge in [0, 0.05) is 13.1 Å². The fourth-order valence-electron chi connectivity index (χ4n) is 2.86.